The first-order valence-corrected chi connectivity index (χ1v) is 13.2. The van der Waals surface area contributed by atoms with Crippen LogP contribution in [0, 0.1) is 5.82 Å². The van der Waals surface area contributed by atoms with Crippen molar-refractivity contribution in [3.05, 3.63) is 58.9 Å². The molecular weight excluding hydrogens is 471 g/mol. The first kappa shape index (κ1) is 24.1. The summed E-state index contributed by atoms with van der Waals surface area (Å²) >= 11 is 0. The highest BCUT2D eigenvalue weighted by atomic mass is 19.1. The molecule has 2 unspecified atom stereocenters. The SMILES string of the molecule is COC1CCC(n2c(=O)n(C)c3cnc4cc(F)c(-c5ccc(OCCCN6CCC6)cc5)cc4c32)C1. The number of ether oxygens (including phenoxy) is 2. The third-order valence-corrected chi connectivity index (χ3v) is 8.06. The first-order valence-electron chi connectivity index (χ1n) is 13.2. The fourth-order valence-corrected chi connectivity index (χ4v) is 5.79. The molecule has 7 nitrogen and oxygen atoms in total. The quantitative estimate of drug-likeness (QED) is 0.319. The number of aromatic nitrogens is 3. The van der Waals surface area contributed by atoms with E-state index < -0.39 is 0 Å². The fourth-order valence-electron chi connectivity index (χ4n) is 5.79. The normalized spacial score (nSPS) is 20.1. The van der Waals surface area contributed by atoms with E-state index in [-0.39, 0.29) is 23.7 Å². The van der Waals surface area contributed by atoms with Crippen LogP contribution in [0.1, 0.15) is 38.1 Å². The molecule has 1 saturated carbocycles. The second-order valence-corrected chi connectivity index (χ2v) is 10.3. The summed E-state index contributed by atoms with van der Waals surface area (Å²) in [4.78, 5) is 20.2. The molecule has 0 N–H and O–H groups in total. The van der Waals surface area contributed by atoms with Gasteiger partial charge in [-0.2, -0.15) is 0 Å². The third kappa shape index (κ3) is 4.42. The predicted octanol–water partition coefficient (Wildman–Crippen LogP) is 4.91. The highest BCUT2D eigenvalue weighted by Crippen LogP contribution is 2.36. The maximum absolute atomic E-state index is 15.3. The van der Waals surface area contributed by atoms with Gasteiger partial charge in [0, 0.05) is 43.8 Å². The van der Waals surface area contributed by atoms with Crippen LogP contribution in [0.15, 0.2) is 47.4 Å². The van der Waals surface area contributed by atoms with E-state index in [9.17, 15) is 4.79 Å². The van der Waals surface area contributed by atoms with Crippen LogP contribution in [0.4, 0.5) is 4.39 Å². The van der Waals surface area contributed by atoms with E-state index in [1.54, 1.807) is 24.9 Å². The van der Waals surface area contributed by atoms with Gasteiger partial charge in [-0.15, -0.1) is 0 Å². The first-order chi connectivity index (χ1) is 18.0. The average Bonchev–Trinajstić information content (AvgIpc) is 3.45. The molecule has 8 heteroatoms. The predicted molar refractivity (Wildman–Crippen MR) is 143 cm³/mol. The summed E-state index contributed by atoms with van der Waals surface area (Å²) in [6.45, 7) is 4.13. The van der Waals surface area contributed by atoms with Gasteiger partial charge in [0.15, 0.2) is 0 Å². The van der Waals surface area contributed by atoms with Crippen molar-refractivity contribution in [2.24, 2.45) is 7.05 Å². The van der Waals surface area contributed by atoms with E-state index >= 15 is 4.39 Å². The van der Waals surface area contributed by atoms with Crippen LogP contribution in [0.3, 0.4) is 0 Å². The van der Waals surface area contributed by atoms with Crippen LogP contribution >= 0.6 is 0 Å². The van der Waals surface area contributed by atoms with E-state index in [1.165, 1.54) is 25.6 Å². The Hall–Kier alpha value is -3.23. The van der Waals surface area contributed by atoms with Crippen molar-refractivity contribution in [2.75, 3.05) is 33.4 Å². The lowest BCUT2D eigenvalue weighted by Gasteiger charge is -2.30. The second-order valence-electron chi connectivity index (χ2n) is 10.3. The number of rotatable bonds is 8. The Morgan fingerprint density at radius 3 is 2.65 bits per heavy atom. The molecule has 0 amide bonds. The summed E-state index contributed by atoms with van der Waals surface area (Å²) in [7, 11) is 3.49. The van der Waals surface area contributed by atoms with Gasteiger partial charge in [-0.3, -0.25) is 14.1 Å². The van der Waals surface area contributed by atoms with E-state index in [1.807, 2.05) is 34.9 Å². The van der Waals surface area contributed by atoms with Gasteiger partial charge < -0.3 is 14.4 Å². The van der Waals surface area contributed by atoms with Crippen LogP contribution in [0.5, 0.6) is 5.75 Å². The fraction of sp³-hybridized carbons (Fsp3) is 0.448. The molecule has 3 heterocycles. The number of pyridine rings is 1. The maximum atomic E-state index is 15.3. The van der Waals surface area contributed by atoms with Gasteiger partial charge in [-0.1, -0.05) is 12.1 Å². The number of likely N-dealkylation sites (tertiary alicyclic amines) is 1. The Kier molecular flexibility index (Phi) is 6.46. The lowest BCUT2D eigenvalue weighted by atomic mass is 10.0. The molecule has 6 rings (SSSR count). The molecule has 4 aromatic rings. The van der Waals surface area contributed by atoms with Crippen LogP contribution in [0.25, 0.3) is 33.1 Å². The van der Waals surface area contributed by atoms with Crippen molar-refractivity contribution in [1.82, 2.24) is 19.0 Å². The molecule has 2 aromatic carbocycles. The molecule has 194 valence electrons. The Labute approximate surface area is 215 Å². The van der Waals surface area contributed by atoms with Crippen molar-refractivity contribution in [1.29, 1.82) is 0 Å². The van der Waals surface area contributed by atoms with Gasteiger partial charge in [0.1, 0.15) is 11.6 Å². The van der Waals surface area contributed by atoms with Crippen LogP contribution in [-0.2, 0) is 11.8 Å². The van der Waals surface area contributed by atoms with E-state index in [0.717, 1.165) is 60.0 Å². The number of aryl methyl sites for hydroxylation is 1. The summed E-state index contributed by atoms with van der Waals surface area (Å²) < 4.78 is 30.3. The van der Waals surface area contributed by atoms with Gasteiger partial charge in [0.2, 0.25) is 0 Å². The number of imidazole rings is 1. The van der Waals surface area contributed by atoms with Gasteiger partial charge in [-0.25, -0.2) is 9.18 Å². The van der Waals surface area contributed by atoms with E-state index in [0.29, 0.717) is 17.7 Å². The number of nitrogens with zero attached hydrogens (tertiary/aromatic N) is 4. The topological polar surface area (TPSA) is 61.5 Å². The minimum atomic E-state index is -0.340. The summed E-state index contributed by atoms with van der Waals surface area (Å²) in [5.74, 6) is 0.441. The van der Waals surface area contributed by atoms with Crippen LogP contribution in [-0.4, -0.2) is 58.5 Å². The number of fused-ring (bicyclic) bond motifs is 3. The van der Waals surface area contributed by atoms with Crippen molar-refractivity contribution in [3.63, 3.8) is 0 Å². The maximum Gasteiger partial charge on any atom is 0.329 e. The summed E-state index contributed by atoms with van der Waals surface area (Å²) in [6.07, 6.45) is 6.68. The molecule has 2 atom stereocenters. The number of halogens is 1. The molecular formula is C29H33FN4O3. The minimum Gasteiger partial charge on any atom is -0.494 e. The zero-order valence-corrected chi connectivity index (χ0v) is 21.5. The lowest BCUT2D eigenvalue weighted by molar-refractivity contribution is 0.106. The van der Waals surface area contributed by atoms with Crippen molar-refractivity contribution in [2.45, 2.75) is 44.2 Å². The van der Waals surface area contributed by atoms with Crippen molar-refractivity contribution in [3.8, 4) is 16.9 Å². The number of benzene rings is 2. The average molecular weight is 505 g/mol. The zero-order chi connectivity index (χ0) is 25.5. The summed E-state index contributed by atoms with van der Waals surface area (Å²) in [5, 5.41) is 0.777. The lowest BCUT2D eigenvalue weighted by Crippen LogP contribution is -2.38. The monoisotopic (exact) mass is 504 g/mol. The highest BCUT2D eigenvalue weighted by Gasteiger charge is 2.30. The Morgan fingerprint density at radius 2 is 1.95 bits per heavy atom. The van der Waals surface area contributed by atoms with Crippen molar-refractivity contribution < 1.29 is 13.9 Å². The number of hydrogen-bond donors (Lipinski definition) is 0. The Bertz CT molecular complexity index is 1490. The van der Waals surface area contributed by atoms with Gasteiger partial charge in [0.05, 0.1) is 35.5 Å². The smallest absolute Gasteiger partial charge is 0.329 e. The molecule has 2 aromatic heterocycles. The molecule has 1 saturated heterocycles. The zero-order valence-electron chi connectivity index (χ0n) is 21.5. The van der Waals surface area contributed by atoms with E-state index in [4.69, 9.17) is 9.47 Å². The second kappa shape index (κ2) is 9.91. The van der Waals surface area contributed by atoms with E-state index in [2.05, 4.69) is 9.88 Å². The minimum absolute atomic E-state index is 0.0396. The number of methoxy groups -OCH3 is 1. The molecule has 0 bridgehead atoms. The molecule has 0 radical (unpaired) electrons. The Balaban J connectivity index is 1.34. The van der Waals surface area contributed by atoms with Crippen LogP contribution in [0.2, 0.25) is 0 Å². The third-order valence-electron chi connectivity index (χ3n) is 8.06. The van der Waals surface area contributed by atoms with Gasteiger partial charge in [-0.05, 0) is 69.0 Å². The molecule has 37 heavy (non-hydrogen) atoms. The molecule has 2 fully saturated rings. The largest absolute Gasteiger partial charge is 0.494 e. The van der Waals surface area contributed by atoms with Gasteiger partial charge in [0.25, 0.3) is 0 Å². The van der Waals surface area contributed by atoms with Crippen LogP contribution < -0.4 is 10.4 Å². The summed E-state index contributed by atoms with van der Waals surface area (Å²) in [6, 6.07) is 10.9. The van der Waals surface area contributed by atoms with Crippen molar-refractivity contribution >= 4 is 21.9 Å². The molecule has 1 aliphatic heterocycles. The molecule has 1 aliphatic carbocycles. The number of hydrogen-bond acceptors (Lipinski definition) is 5. The molecule has 2 aliphatic rings. The molecule has 0 spiro atoms. The Morgan fingerprint density at radius 1 is 1.14 bits per heavy atom. The summed E-state index contributed by atoms with van der Waals surface area (Å²) in [5.41, 5.74) is 3.26. The highest BCUT2D eigenvalue weighted by molar-refractivity contribution is 6.04. The standard InChI is InChI=1S/C29H33FN4O3/c1-32-27-18-31-26-17-25(30)23(19-5-8-21(9-6-19)37-14-4-13-33-11-3-12-33)16-24(26)28(27)34(29(32)35)20-7-10-22(15-20)36-2/h5-6,8-9,16-18,20,22H,3-4,7,10-15H2,1-2H3. The van der Waals surface area contributed by atoms with Gasteiger partial charge >= 0.3 is 5.69 Å².